The molecule has 7 rings (SSSR count). The number of nitrogens with one attached hydrogen (secondary N) is 2. The van der Waals surface area contributed by atoms with Crippen molar-refractivity contribution in [3.63, 3.8) is 0 Å². The van der Waals surface area contributed by atoms with E-state index in [1.165, 1.54) is 0 Å². The van der Waals surface area contributed by atoms with Crippen molar-refractivity contribution in [1.82, 2.24) is 9.97 Å². The standard InChI is InChI=1S/C36H32N2O8/c39-31(15-22-14-13-21-7-1-2-8-25(21)22)44-30-20-43-36(42)35(46-33(41)17-24-19-38-29-12-6-4-10-27(24)29)34(30)45-32(40)16-23-18-37-28-11-5-3-9-26(23)28/h1-12,14,18-19,30,34-38,42H,13,15-17,20H2/t30-,34-,35-,36?/m1/s1. The Labute approximate surface area is 263 Å². The van der Waals surface area contributed by atoms with Gasteiger partial charge in [0.05, 0.1) is 25.9 Å². The lowest BCUT2D eigenvalue weighted by molar-refractivity contribution is -0.268. The third kappa shape index (κ3) is 6.04. The van der Waals surface area contributed by atoms with Crippen molar-refractivity contribution in [3.05, 3.63) is 114 Å². The lowest BCUT2D eigenvalue weighted by Crippen LogP contribution is -2.57. The molecule has 0 amide bonds. The average molecular weight is 621 g/mol. The van der Waals surface area contributed by atoms with Crippen LogP contribution in [0.25, 0.3) is 27.4 Å². The molecular weight excluding hydrogens is 588 g/mol. The number of para-hydroxylation sites is 2. The van der Waals surface area contributed by atoms with Crippen LogP contribution in [0.5, 0.6) is 0 Å². The van der Waals surface area contributed by atoms with Crippen LogP contribution in [-0.4, -0.2) is 64.2 Å². The summed E-state index contributed by atoms with van der Waals surface area (Å²) in [6.45, 7) is -0.260. The lowest BCUT2D eigenvalue weighted by Gasteiger charge is -2.38. The van der Waals surface area contributed by atoms with Crippen molar-refractivity contribution in [3.8, 4) is 0 Å². The molecule has 0 spiro atoms. The van der Waals surface area contributed by atoms with Crippen molar-refractivity contribution >= 4 is 45.3 Å². The molecule has 2 aliphatic rings. The number of allylic oxidation sites excluding steroid dienone is 1. The van der Waals surface area contributed by atoms with Gasteiger partial charge in [0.25, 0.3) is 0 Å². The number of ether oxygens (including phenoxy) is 4. The van der Waals surface area contributed by atoms with E-state index in [4.69, 9.17) is 18.9 Å². The van der Waals surface area contributed by atoms with Crippen molar-refractivity contribution in [2.45, 2.75) is 50.3 Å². The van der Waals surface area contributed by atoms with Gasteiger partial charge >= 0.3 is 17.9 Å². The number of rotatable bonds is 9. The highest BCUT2D eigenvalue weighted by Gasteiger charge is 2.47. The fourth-order valence-corrected chi connectivity index (χ4v) is 6.27. The fourth-order valence-electron chi connectivity index (χ4n) is 6.27. The molecule has 0 saturated carbocycles. The number of hydrogen-bond acceptors (Lipinski definition) is 8. The predicted molar refractivity (Wildman–Crippen MR) is 168 cm³/mol. The van der Waals surface area contributed by atoms with Gasteiger partial charge in [0.15, 0.2) is 24.6 Å². The Morgan fingerprint density at radius 1 is 0.717 bits per heavy atom. The number of H-pyrrole nitrogens is 2. The number of benzene rings is 3. The molecular formula is C36H32N2O8. The van der Waals surface area contributed by atoms with E-state index in [0.29, 0.717) is 11.1 Å². The maximum atomic E-state index is 13.4. The van der Waals surface area contributed by atoms with Crippen LogP contribution in [0.1, 0.15) is 28.7 Å². The molecule has 1 saturated heterocycles. The second-order valence-corrected chi connectivity index (χ2v) is 11.5. The highest BCUT2D eigenvalue weighted by molar-refractivity contribution is 5.89. The summed E-state index contributed by atoms with van der Waals surface area (Å²) in [6.07, 6.45) is 0.442. The zero-order valence-corrected chi connectivity index (χ0v) is 24.8. The first-order valence-electron chi connectivity index (χ1n) is 15.2. The van der Waals surface area contributed by atoms with Gasteiger partial charge in [-0.3, -0.25) is 14.4 Å². The smallest absolute Gasteiger partial charge is 0.310 e. The summed E-state index contributed by atoms with van der Waals surface area (Å²) in [5.74, 6) is -1.88. The molecule has 1 unspecified atom stereocenters. The SMILES string of the molecule is O=C(Cc1c[nH]c2ccccc12)O[C@@H]1[C@H](OC(=O)CC2=CCc3ccccc32)COC(O)[C@@H]1OC(=O)Cc1c[nH]c2ccccc12. The number of esters is 3. The summed E-state index contributed by atoms with van der Waals surface area (Å²) in [5, 5.41) is 12.6. The summed E-state index contributed by atoms with van der Waals surface area (Å²) in [5.41, 5.74) is 6.09. The van der Waals surface area contributed by atoms with Gasteiger partial charge in [-0.05, 0) is 46.4 Å². The van der Waals surface area contributed by atoms with E-state index in [1.807, 2.05) is 78.9 Å². The van der Waals surface area contributed by atoms with E-state index in [9.17, 15) is 19.5 Å². The summed E-state index contributed by atoms with van der Waals surface area (Å²) >= 11 is 0. The predicted octanol–water partition coefficient (Wildman–Crippen LogP) is 4.55. The van der Waals surface area contributed by atoms with Crippen LogP contribution in [0.2, 0.25) is 0 Å². The summed E-state index contributed by atoms with van der Waals surface area (Å²) < 4.78 is 22.9. The molecule has 1 aliphatic carbocycles. The van der Waals surface area contributed by atoms with Crippen molar-refractivity contribution in [2.75, 3.05) is 6.61 Å². The second-order valence-electron chi connectivity index (χ2n) is 11.5. The molecule has 2 aromatic heterocycles. The summed E-state index contributed by atoms with van der Waals surface area (Å²) in [7, 11) is 0. The highest BCUT2D eigenvalue weighted by Crippen LogP contribution is 2.31. The van der Waals surface area contributed by atoms with E-state index in [-0.39, 0.29) is 25.9 Å². The number of fused-ring (bicyclic) bond motifs is 3. The topological polar surface area (TPSA) is 140 Å². The number of aromatic amines is 2. The first kappa shape index (κ1) is 29.5. The van der Waals surface area contributed by atoms with Crippen LogP contribution in [0.15, 0.2) is 91.3 Å². The van der Waals surface area contributed by atoms with Gasteiger partial charge in [0, 0.05) is 34.2 Å². The fraction of sp³-hybridized carbons (Fsp3) is 0.250. The van der Waals surface area contributed by atoms with E-state index in [0.717, 1.165) is 44.9 Å². The Kier molecular flexibility index (Phi) is 8.13. The molecule has 0 radical (unpaired) electrons. The molecule has 10 nitrogen and oxygen atoms in total. The van der Waals surface area contributed by atoms with E-state index in [2.05, 4.69) is 9.97 Å². The zero-order valence-electron chi connectivity index (χ0n) is 24.8. The Balaban J connectivity index is 1.10. The minimum absolute atomic E-state index is 0.00289. The summed E-state index contributed by atoms with van der Waals surface area (Å²) in [4.78, 5) is 46.1. The number of carbonyl (C=O) groups is 3. The van der Waals surface area contributed by atoms with Gasteiger partial charge in [-0.25, -0.2) is 0 Å². The number of aliphatic hydroxyl groups is 1. The first-order valence-corrected chi connectivity index (χ1v) is 15.2. The third-order valence-electron chi connectivity index (χ3n) is 8.51. The molecule has 46 heavy (non-hydrogen) atoms. The van der Waals surface area contributed by atoms with Gasteiger partial charge < -0.3 is 34.0 Å². The largest absolute Gasteiger partial charge is 0.456 e. The van der Waals surface area contributed by atoms with Gasteiger partial charge in [0.2, 0.25) is 0 Å². The van der Waals surface area contributed by atoms with Gasteiger partial charge in [-0.1, -0.05) is 66.7 Å². The minimum Gasteiger partial charge on any atom is -0.456 e. The first-order chi connectivity index (χ1) is 22.4. The molecule has 3 N–H and O–H groups in total. The highest BCUT2D eigenvalue weighted by atomic mass is 16.7. The number of aromatic nitrogens is 2. The zero-order chi connectivity index (χ0) is 31.6. The van der Waals surface area contributed by atoms with Gasteiger partial charge in [0.1, 0.15) is 0 Å². The monoisotopic (exact) mass is 620 g/mol. The van der Waals surface area contributed by atoms with E-state index >= 15 is 0 Å². The lowest BCUT2D eigenvalue weighted by atomic mass is 10.0. The second kappa shape index (κ2) is 12.7. The molecule has 10 heteroatoms. The number of carbonyl (C=O) groups excluding carboxylic acids is 3. The quantitative estimate of drug-likeness (QED) is 0.161. The van der Waals surface area contributed by atoms with Crippen molar-refractivity contribution in [2.24, 2.45) is 0 Å². The third-order valence-corrected chi connectivity index (χ3v) is 8.51. The Morgan fingerprint density at radius 2 is 1.28 bits per heavy atom. The Morgan fingerprint density at radius 3 is 1.96 bits per heavy atom. The maximum absolute atomic E-state index is 13.4. The van der Waals surface area contributed by atoms with Crippen LogP contribution in [0.3, 0.4) is 0 Å². The van der Waals surface area contributed by atoms with E-state index in [1.54, 1.807) is 12.4 Å². The molecule has 0 bridgehead atoms. The molecule has 1 aliphatic heterocycles. The van der Waals surface area contributed by atoms with Crippen LogP contribution in [0, 0.1) is 0 Å². The van der Waals surface area contributed by atoms with Crippen molar-refractivity contribution in [1.29, 1.82) is 0 Å². The van der Waals surface area contributed by atoms with Gasteiger partial charge in [-0.2, -0.15) is 0 Å². The average Bonchev–Trinajstić information content (AvgIpc) is 3.78. The number of hydrogen-bond donors (Lipinski definition) is 3. The van der Waals surface area contributed by atoms with Crippen LogP contribution < -0.4 is 0 Å². The molecule has 3 aromatic carbocycles. The molecule has 1 fully saturated rings. The molecule has 3 heterocycles. The minimum atomic E-state index is -1.61. The van der Waals surface area contributed by atoms with Crippen LogP contribution in [-0.2, 0) is 52.6 Å². The Bertz CT molecular complexity index is 1960. The summed E-state index contributed by atoms with van der Waals surface area (Å²) in [6, 6.07) is 22.9. The molecule has 234 valence electrons. The van der Waals surface area contributed by atoms with E-state index < -0.39 is 42.5 Å². The normalized spacial score (nSPS) is 20.7. The molecule has 4 atom stereocenters. The van der Waals surface area contributed by atoms with Crippen molar-refractivity contribution < 1.29 is 38.4 Å². The Hall–Kier alpha value is -5.19. The molecule has 5 aromatic rings. The maximum Gasteiger partial charge on any atom is 0.310 e. The number of aliphatic hydroxyl groups excluding tert-OH is 1. The van der Waals surface area contributed by atoms with Crippen LogP contribution >= 0.6 is 0 Å². The van der Waals surface area contributed by atoms with Gasteiger partial charge in [-0.15, -0.1) is 0 Å². The van der Waals surface area contributed by atoms with Crippen LogP contribution in [0.4, 0.5) is 0 Å².